The molecule has 6 nitrogen and oxygen atoms in total. The van der Waals surface area contributed by atoms with Crippen molar-refractivity contribution in [3.05, 3.63) is 24.3 Å². The molecule has 20 heavy (non-hydrogen) atoms. The van der Waals surface area contributed by atoms with Gasteiger partial charge in [0, 0.05) is 6.61 Å². The number of hydrogen-bond acceptors (Lipinski definition) is 4. The molecule has 1 aliphatic rings. The van der Waals surface area contributed by atoms with Crippen molar-refractivity contribution < 1.29 is 24.2 Å². The van der Waals surface area contributed by atoms with Crippen molar-refractivity contribution >= 4 is 17.6 Å². The molecule has 1 amide bonds. The zero-order valence-corrected chi connectivity index (χ0v) is 11.0. The van der Waals surface area contributed by atoms with Crippen molar-refractivity contribution in [3.63, 3.8) is 0 Å². The molecule has 1 aromatic carbocycles. The first-order valence-corrected chi connectivity index (χ1v) is 6.53. The van der Waals surface area contributed by atoms with Gasteiger partial charge in [-0.1, -0.05) is 12.1 Å². The number of carboxylic acid groups (broad SMARTS) is 1. The predicted molar refractivity (Wildman–Crippen MR) is 71.8 cm³/mol. The van der Waals surface area contributed by atoms with E-state index in [0.717, 1.165) is 12.8 Å². The van der Waals surface area contributed by atoms with E-state index in [1.165, 1.54) is 0 Å². The summed E-state index contributed by atoms with van der Waals surface area (Å²) in [5.41, 5.74) is 0.452. The first-order valence-electron chi connectivity index (χ1n) is 6.53. The fourth-order valence-corrected chi connectivity index (χ4v) is 2.00. The largest absolute Gasteiger partial charge is 0.480 e. The third-order valence-electron chi connectivity index (χ3n) is 2.97. The molecule has 1 fully saturated rings. The van der Waals surface area contributed by atoms with Crippen molar-refractivity contribution in [3.8, 4) is 5.75 Å². The van der Waals surface area contributed by atoms with E-state index in [9.17, 15) is 9.59 Å². The number of carbonyl (C=O) groups is 2. The minimum atomic E-state index is -1.07. The quantitative estimate of drug-likeness (QED) is 0.856. The lowest BCUT2D eigenvalue weighted by atomic mass is 10.1. The summed E-state index contributed by atoms with van der Waals surface area (Å²) in [5, 5.41) is 11.3. The number of nitrogens with one attached hydrogen (secondary N) is 1. The number of carboxylic acids is 1. The van der Waals surface area contributed by atoms with Crippen LogP contribution < -0.4 is 10.1 Å². The van der Waals surface area contributed by atoms with Crippen LogP contribution in [0.4, 0.5) is 5.69 Å². The van der Waals surface area contributed by atoms with Gasteiger partial charge in [-0.15, -0.1) is 0 Å². The molecule has 0 radical (unpaired) electrons. The average Bonchev–Trinajstić information content (AvgIpc) is 2.47. The van der Waals surface area contributed by atoms with Crippen molar-refractivity contribution in [2.45, 2.75) is 25.4 Å². The van der Waals surface area contributed by atoms with Crippen LogP contribution in [0.15, 0.2) is 24.3 Å². The van der Waals surface area contributed by atoms with Gasteiger partial charge in [0.15, 0.2) is 6.61 Å². The summed E-state index contributed by atoms with van der Waals surface area (Å²) in [6, 6.07) is 6.73. The molecule has 1 saturated heterocycles. The lowest BCUT2D eigenvalue weighted by Gasteiger charge is -2.22. The molecule has 1 heterocycles. The second kappa shape index (κ2) is 6.91. The Morgan fingerprint density at radius 2 is 2.15 bits per heavy atom. The second-order valence-electron chi connectivity index (χ2n) is 4.52. The van der Waals surface area contributed by atoms with Crippen LogP contribution in [0.1, 0.15) is 19.3 Å². The van der Waals surface area contributed by atoms with Gasteiger partial charge in [-0.05, 0) is 31.4 Å². The molecule has 2 rings (SSSR count). The van der Waals surface area contributed by atoms with E-state index >= 15 is 0 Å². The van der Waals surface area contributed by atoms with E-state index in [1.54, 1.807) is 24.3 Å². The van der Waals surface area contributed by atoms with Gasteiger partial charge in [0.05, 0.1) is 5.69 Å². The molecule has 1 aromatic rings. The number of hydrogen-bond donors (Lipinski definition) is 2. The minimum absolute atomic E-state index is 0.226. The van der Waals surface area contributed by atoms with Gasteiger partial charge >= 0.3 is 5.97 Å². The fraction of sp³-hybridized carbons (Fsp3) is 0.429. The van der Waals surface area contributed by atoms with Crippen molar-refractivity contribution in [1.29, 1.82) is 0 Å². The number of aliphatic carboxylic acids is 1. The van der Waals surface area contributed by atoms with Gasteiger partial charge in [0.1, 0.15) is 11.9 Å². The van der Waals surface area contributed by atoms with Crippen LogP contribution in [-0.4, -0.2) is 36.3 Å². The first kappa shape index (κ1) is 14.3. The third-order valence-corrected chi connectivity index (χ3v) is 2.97. The maximum atomic E-state index is 12.0. The van der Waals surface area contributed by atoms with Crippen LogP contribution in [0.5, 0.6) is 5.75 Å². The number of carbonyl (C=O) groups excluding carboxylic acids is 1. The van der Waals surface area contributed by atoms with E-state index in [-0.39, 0.29) is 5.91 Å². The fourth-order valence-electron chi connectivity index (χ4n) is 2.00. The summed E-state index contributed by atoms with van der Waals surface area (Å²) in [5.74, 6) is -0.961. The molecule has 2 N–H and O–H groups in total. The number of ether oxygens (including phenoxy) is 2. The van der Waals surface area contributed by atoms with Crippen molar-refractivity contribution in [2.24, 2.45) is 0 Å². The van der Waals surface area contributed by atoms with Gasteiger partial charge in [-0.2, -0.15) is 0 Å². The summed E-state index contributed by atoms with van der Waals surface area (Å²) in [4.78, 5) is 22.6. The number of amides is 1. The van der Waals surface area contributed by atoms with Gasteiger partial charge in [-0.3, -0.25) is 4.79 Å². The highest BCUT2D eigenvalue weighted by atomic mass is 16.5. The lowest BCUT2D eigenvalue weighted by molar-refractivity contribution is -0.139. The van der Waals surface area contributed by atoms with Gasteiger partial charge < -0.3 is 19.9 Å². The maximum Gasteiger partial charge on any atom is 0.341 e. The molecule has 108 valence electrons. The Hall–Kier alpha value is -2.08. The standard InChI is InChI=1S/C14H17NO5/c16-13(17)9-20-11-6-2-1-5-10(11)15-14(18)12-7-3-4-8-19-12/h1-2,5-6,12H,3-4,7-9H2,(H,15,18)(H,16,17). The Labute approximate surface area is 116 Å². The molecule has 1 unspecified atom stereocenters. The van der Waals surface area contributed by atoms with Crippen LogP contribution >= 0.6 is 0 Å². The summed E-state index contributed by atoms with van der Waals surface area (Å²) in [7, 11) is 0. The van der Waals surface area contributed by atoms with E-state index in [2.05, 4.69) is 5.32 Å². The van der Waals surface area contributed by atoms with Gasteiger partial charge in [0.2, 0.25) is 0 Å². The van der Waals surface area contributed by atoms with E-state index in [4.69, 9.17) is 14.6 Å². The zero-order chi connectivity index (χ0) is 14.4. The lowest BCUT2D eigenvalue weighted by Crippen LogP contribution is -2.33. The highest BCUT2D eigenvalue weighted by Crippen LogP contribution is 2.25. The summed E-state index contributed by atoms with van der Waals surface area (Å²) in [6.45, 7) is 0.141. The summed E-state index contributed by atoms with van der Waals surface area (Å²) >= 11 is 0. The Morgan fingerprint density at radius 1 is 1.35 bits per heavy atom. The molecular weight excluding hydrogens is 262 g/mol. The van der Waals surface area contributed by atoms with E-state index in [0.29, 0.717) is 24.5 Å². The number of rotatable bonds is 5. The number of benzene rings is 1. The molecule has 0 aliphatic carbocycles. The van der Waals surface area contributed by atoms with Gasteiger partial charge in [0.25, 0.3) is 5.91 Å². The Bertz CT molecular complexity index is 482. The molecule has 0 saturated carbocycles. The summed E-state index contributed by atoms with van der Waals surface area (Å²) in [6.07, 6.45) is 2.19. The Morgan fingerprint density at radius 3 is 2.85 bits per heavy atom. The highest BCUT2D eigenvalue weighted by Gasteiger charge is 2.22. The SMILES string of the molecule is O=C(O)COc1ccccc1NC(=O)C1CCCCO1. The molecule has 0 aromatic heterocycles. The Balaban J connectivity index is 2.00. The van der Waals surface area contributed by atoms with Crippen LogP contribution in [0, 0.1) is 0 Å². The predicted octanol–water partition coefficient (Wildman–Crippen LogP) is 1.66. The normalized spacial score (nSPS) is 18.3. The smallest absolute Gasteiger partial charge is 0.341 e. The highest BCUT2D eigenvalue weighted by molar-refractivity contribution is 5.95. The number of para-hydroxylation sites is 2. The maximum absolute atomic E-state index is 12.0. The Kier molecular flexibility index (Phi) is 4.95. The minimum Gasteiger partial charge on any atom is -0.480 e. The molecule has 1 atom stereocenters. The first-order chi connectivity index (χ1) is 9.66. The summed E-state index contributed by atoms with van der Waals surface area (Å²) < 4.78 is 10.5. The van der Waals surface area contributed by atoms with Gasteiger partial charge in [-0.25, -0.2) is 4.79 Å². The van der Waals surface area contributed by atoms with Crippen LogP contribution in [-0.2, 0) is 14.3 Å². The average molecular weight is 279 g/mol. The molecule has 0 spiro atoms. The van der Waals surface area contributed by atoms with E-state index in [1.807, 2.05) is 0 Å². The molecule has 1 aliphatic heterocycles. The topological polar surface area (TPSA) is 84.9 Å². The van der Waals surface area contributed by atoms with Crippen molar-refractivity contribution in [2.75, 3.05) is 18.5 Å². The van der Waals surface area contributed by atoms with Crippen LogP contribution in [0.25, 0.3) is 0 Å². The monoisotopic (exact) mass is 279 g/mol. The second-order valence-corrected chi connectivity index (χ2v) is 4.52. The third kappa shape index (κ3) is 3.96. The number of anilines is 1. The van der Waals surface area contributed by atoms with E-state index < -0.39 is 18.7 Å². The molecular formula is C14H17NO5. The zero-order valence-electron chi connectivity index (χ0n) is 11.0. The van der Waals surface area contributed by atoms with Crippen molar-refractivity contribution in [1.82, 2.24) is 0 Å². The van der Waals surface area contributed by atoms with Crippen LogP contribution in [0.2, 0.25) is 0 Å². The molecule has 6 heteroatoms. The molecule has 0 bridgehead atoms. The van der Waals surface area contributed by atoms with Crippen LogP contribution in [0.3, 0.4) is 0 Å².